The Balaban J connectivity index is 1.21. The fourth-order valence-corrected chi connectivity index (χ4v) is 5.34. The predicted molar refractivity (Wildman–Crippen MR) is 99.3 cm³/mol. The largest absolute Gasteiger partial charge is 0.326 e. The number of fused-ring (bicyclic) bond motifs is 1. The molecule has 4 atom stereocenters. The van der Waals surface area contributed by atoms with Gasteiger partial charge in [-0.05, 0) is 56.8 Å². The average molecular weight is 364 g/mol. The van der Waals surface area contributed by atoms with Gasteiger partial charge in [0.15, 0.2) is 0 Å². The molecule has 7 nitrogen and oxygen atoms in total. The smallest absolute Gasteiger partial charge is 0.320 e. The third-order valence-corrected chi connectivity index (χ3v) is 6.81. The molecule has 0 aromatic rings. The molecule has 3 heterocycles. The van der Waals surface area contributed by atoms with Crippen LogP contribution < -0.4 is 11.1 Å². The number of nitrogens with one attached hydrogen (secondary N) is 1. The number of piperidine rings is 1. The highest BCUT2D eigenvalue weighted by atomic mass is 16.2. The maximum atomic E-state index is 12.7. The molecule has 7 heteroatoms. The maximum Gasteiger partial charge on any atom is 0.320 e. The number of likely N-dealkylation sites (tertiary alicyclic amines) is 3. The summed E-state index contributed by atoms with van der Waals surface area (Å²) in [5.74, 6) is 1.31. The first-order valence-electron chi connectivity index (χ1n) is 10.4. The number of rotatable bonds is 3. The van der Waals surface area contributed by atoms with Gasteiger partial charge in [-0.15, -0.1) is 0 Å². The molecule has 146 valence electrons. The van der Waals surface area contributed by atoms with E-state index in [2.05, 4.69) is 10.2 Å². The molecule has 1 unspecified atom stereocenters. The van der Waals surface area contributed by atoms with Crippen molar-refractivity contribution in [2.45, 2.75) is 57.2 Å². The van der Waals surface area contributed by atoms with Gasteiger partial charge in [0.2, 0.25) is 5.91 Å². The van der Waals surface area contributed by atoms with Crippen LogP contribution in [0.4, 0.5) is 4.79 Å². The van der Waals surface area contributed by atoms with E-state index in [1.807, 2.05) is 9.80 Å². The number of hydrogen-bond acceptors (Lipinski definition) is 4. The molecule has 0 aromatic carbocycles. The Labute approximate surface area is 156 Å². The van der Waals surface area contributed by atoms with Crippen LogP contribution in [0.25, 0.3) is 0 Å². The van der Waals surface area contributed by atoms with Crippen LogP contribution in [0.1, 0.15) is 44.9 Å². The summed E-state index contributed by atoms with van der Waals surface area (Å²) in [5.41, 5.74) is 5.98. The zero-order valence-corrected chi connectivity index (χ0v) is 15.7. The van der Waals surface area contributed by atoms with E-state index in [4.69, 9.17) is 5.73 Å². The zero-order chi connectivity index (χ0) is 18.1. The summed E-state index contributed by atoms with van der Waals surface area (Å²) < 4.78 is 0. The van der Waals surface area contributed by atoms with Gasteiger partial charge in [0.1, 0.15) is 0 Å². The van der Waals surface area contributed by atoms with Crippen molar-refractivity contribution in [2.75, 3.05) is 39.3 Å². The number of carbonyl (C=O) groups excluding carboxylic acids is 2. The molecule has 3 aliphatic heterocycles. The topological polar surface area (TPSA) is 81.9 Å². The van der Waals surface area contributed by atoms with E-state index in [1.165, 1.54) is 6.42 Å². The fourth-order valence-electron chi connectivity index (χ4n) is 5.34. The molecule has 0 bridgehead atoms. The summed E-state index contributed by atoms with van der Waals surface area (Å²) in [5, 5.41) is 3.45. The highest BCUT2D eigenvalue weighted by Crippen LogP contribution is 2.38. The second kappa shape index (κ2) is 7.72. The maximum absolute atomic E-state index is 12.7. The Morgan fingerprint density at radius 1 is 0.923 bits per heavy atom. The van der Waals surface area contributed by atoms with Gasteiger partial charge < -0.3 is 25.8 Å². The fraction of sp³-hybridized carbons (Fsp3) is 0.895. The van der Waals surface area contributed by atoms with Crippen molar-refractivity contribution in [3.63, 3.8) is 0 Å². The van der Waals surface area contributed by atoms with Crippen molar-refractivity contribution in [2.24, 2.45) is 17.6 Å². The molecule has 0 radical (unpaired) electrons. The summed E-state index contributed by atoms with van der Waals surface area (Å²) in [4.78, 5) is 30.9. The molecule has 1 aliphatic carbocycles. The summed E-state index contributed by atoms with van der Waals surface area (Å²) in [6, 6.07) is 0.654. The lowest BCUT2D eigenvalue weighted by atomic mass is 10.0. The van der Waals surface area contributed by atoms with Crippen LogP contribution in [0, 0.1) is 11.8 Å². The van der Waals surface area contributed by atoms with Crippen molar-refractivity contribution in [3.05, 3.63) is 0 Å². The number of amides is 3. The number of hydrogen-bond donors (Lipinski definition) is 2. The van der Waals surface area contributed by atoms with Crippen molar-refractivity contribution in [1.82, 2.24) is 20.0 Å². The molecule has 0 aromatic heterocycles. The van der Waals surface area contributed by atoms with E-state index in [0.717, 1.165) is 71.2 Å². The van der Waals surface area contributed by atoms with Gasteiger partial charge in [-0.25, -0.2) is 4.79 Å². The van der Waals surface area contributed by atoms with Gasteiger partial charge in [0.05, 0.1) is 12.7 Å². The summed E-state index contributed by atoms with van der Waals surface area (Å²) in [7, 11) is 0. The minimum Gasteiger partial charge on any atom is -0.326 e. The highest BCUT2D eigenvalue weighted by molar-refractivity contribution is 5.78. The minimum atomic E-state index is -0.0957. The lowest BCUT2D eigenvalue weighted by Gasteiger charge is -2.31. The molecule has 4 fully saturated rings. The monoisotopic (exact) mass is 363 g/mol. The van der Waals surface area contributed by atoms with Crippen LogP contribution in [-0.2, 0) is 4.79 Å². The zero-order valence-electron chi connectivity index (χ0n) is 15.7. The van der Waals surface area contributed by atoms with Gasteiger partial charge in [-0.1, -0.05) is 0 Å². The van der Waals surface area contributed by atoms with Crippen molar-refractivity contribution in [3.8, 4) is 0 Å². The second-order valence-electron chi connectivity index (χ2n) is 8.60. The number of nitrogens with zero attached hydrogens (tertiary/aromatic N) is 3. The van der Waals surface area contributed by atoms with E-state index in [-0.39, 0.29) is 18.1 Å². The molecule has 3 N–H and O–H groups in total. The van der Waals surface area contributed by atoms with Crippen molar-refractivity contribution < 1.29 is 9.59 Å². The Morgan fingerprint density at radius 2 is 1.62 bits per heavy atom. The van der Waals surface area contributed by atoms with Crippen LogP contribution in [0.5, 0.6) is 0 Å². The Morgan fingerprint density at radius 3 is 2.23 bits per heavy atom. The van der Waals surface area contributed by atoms with Crippen LogP contribution in [0.2, 0.25) is 0 Å². The first kappa shape index (κ1) is 18.0. The van der Waals surface area contributed by atoms with Crippen LogP contribution in [0.15, 0.2) is 0 Å². The second-order valence-corrected chi connectivity index (χ2v) is 8.60. The van der Waals surface area contributed by atoms with Crippen LogP contribution in [-0.4, -0.2) is 78.1 Å². The Bertz CT molecular complexity index is 522. The van der Waals surface area contributed by atoms with Gasteiger partial charge >= 0.3 is 6.03 Å². The first-order valence-corrected chi connectivity index (χ1v) is 10.4. The number of carbonyl (C=O) groups is 2. The molecular formula is C19H33N5O2. The van der Waals surface area contributed by atoms with E-state index in [1.54, 1.807) is 0 Å². The molecule has 26 heavy (non-hydrogen) atoms. The van der Waals surface area contributed by atoms with Gasteiger partial charge in [0, 0.05) is 38.8 Å². The number of nitrogens with two attached hydrogens (primary N) is 1. The summed E-state index contributed by atoms with van der Waals surface area (Å²) in [6.45, 7) is 4.83. The van der Waals surface area contributed by atoms with Gasteiger partial charge in [-0.2, -0.15) is 0 Å². The molecule has 4 rings (SSSR count). The SMILES string of the molecule is NC1CCCN1C(=O)CN[C@@H]1C[C@@H]2CN(C(=O)N3CCCCC3)C[C@@H]2C1. The average Bonchev–Trinajstić information content (AvgIpc) is 3.34. The number of urea groups is 1. The lowest BCUT2D eigenvalue weighted by molar-refractivity contribution is -0.131. The Hall–Kier alpha value is -1.34. The molecular weight excluding hydrogens is 330 g/mol. The van der Waals surface area contributed by atoms with Gasteiger partial charge in [-0.3, -0.25) is 4.79 Å². The van der Waals surface area contributed by atoms with E-state index in [0.29, 0.717) is 24.4 Å². The van der Waals surface area contributed by atoms with Gasteiger partial charge in [0.25, 0.3) is 0 Å². The molecule has 0 spiro atoms. The summed E-state index contributed by atoms with van der Waals surface area (Å²) >= 11 is 0. The van der Waals surface area contributed by atoms with Crippen molar-refractivity contribution >= 4 is 11.9 Å². The molecule has 1 saturated carbocycles. The third kappa shape index (κ3) is 3.69. The third-order valence-electron chi connectivity index (χ3n) is 6.81. The molecule has 4 aliphatic rings. The normalized spacial score (nSPS) is 34.4. The predicted octanol–water partition coefficient (Wildman–Crippen LogP) is 0.800. The van der Waals surface area contributed by atoms with E-state index in [9.17, 15) is 9.59 Å². The highest BCUT2D eigenvalue weighted by Gasteiger charge is 2.43. The van der Waals surface area contributed by atoms with Crippen molar-refractivity contribution in [1.29, 1.82) is 0 Å². The van der Waals surface area contributed by atoms with Crippen LogP contribution >= 0.6 is 0 Å². The minimum absolute atomic E-state index is 0.0957. The standard InChI is InChI=1S/C19H33N5O2/c20-17-5-4-8-24(17)18(25)11-21-16-9-14-12-23(13-15(14)10-16)19(26)22-6-2-1-3-7-22/h14-17,21H,1-13,20H2/t14-,15+,16-,17?. The quantitative estimate of drug-likeness (QED) is 0.777. The van der Waals surface area contributed by atoms with E-state index >= 15 is 0 Å². The molecule has 3 saturated heterocycles. The Kier molecular flexibility index (Phi) is 5.36. The lowest BCUT2D eigenvalue weighted by Crippen LogP contribution is -2.47. The summed E-state index contributed by atoms with van der Waals surface area (Å²) in [6.07, 6.45) is 7.54. The van der Waals surface area contributed by atoms with Crippen LogP contribution in [0.3, 0.4) is 0 Å². The first-order chi connectivity index (χ1) is 12.6. The van der Waals surface area contributed by atoms with E-state index < -0.39 is 0 Å². The molecule has 3 amide bonds.